The number of aromatic amines is 1. The molecule has 1 saturated heterocycles. The van der Waals surface area contributed by atoms with E-state index in [0.29, 0.717) is 48.3 Å². The number of nitrogens with zero attached hydrogens (tertiary/aromatic N) is 3. The molecule has 5 rings (SSSR count). The predicted molar refractivity (Wildman–Crippen MR) is 119 cm³/mol. The Morgan fingerprint density at radius 1 is 1.00 bits per heavy atom. The molecule has 2 aliphatic rings. The van der Waals surface area contributed by atoms with Gasteiger partial charge in [-0.1, -0.05) is 26.2 Å². The van der Waals surface area contributed by atoms with Gasteiger partial charge in [0.25, 0.3) is 0 Å². The Balaban J connectivity index is 1.49. The molecule has 2 N–H and O–H groups in total. The van der Waals surface area contributed by atoms with Gasteiger partial charge >= 0.3 is 0 Å². The summed E-state index contributed by atoms with van der Waals surface area (Å²) >= 11 is 0. The number of anilines is 1. The lowest BCUT2D eigenvalue weighted by Crippen LogP contribution is -2.25. The number of benzene rings is 1. The topological polar surface area (TPSA) is 85.0 Å². The number of ether oxygens (including phenoxy) is 2. The molecule has 0 unspecified atom stereocenters. The number of halogens is 1. The predicted octanol–water partition coefficient (Wildman–Crippen LogP) is 5.10. The second kappa shape index (κ2) is 9.34. The van der Waals surface area contributed by atoms with E-state index in [9.17, 15) is 4.39 Å². The van der Waals surface area contributed by atoms with Crippen LogP contribution >= 0.6 is 0 Å². The lowest BCUT2D eigenvalue weighted by atomic mass is 9.96. The van der Waals surface area contributed by atoms with E-state index < -0.39 is 6.29 Å². The molecule has 1 aromatic carbocycles. The first-order valence-electron chi connectivity index (χ1n) is 11.3. The smallest absolute Gasteiger partial charge is 0.223 e. The Morgan fingerprint density at radius 2 is 1.75 bits per heavy atom. The van der Waals surface area contributed by atoms with Crippen molar-refractivity contribution in [2.24, 2.45) is 5.92 Å². The van der Waals surface area contributed by atoms with Crippen molar-refractivity contribution in [1.29, 1.82) is 0 Å². The molecule has 0 atom stereocenters. The molecule has 7 nitrogen and oxygen atoms in total. The fourth-order valence-corrected chi connectivity index (χ4v) is 4.26. The number of nitrogens with one attached hydrogen (secondary N) is 2. The number of imidazole rings is 1. The standard InChI is InChI=1S/C24H28FN5O2/c1-15-13-31-23(32-14-15)22-29-20(16-7-9-17(25)10-8-16)21(30-22)19-11-12-26-24(28-19)27-18-5-3-2-4-6-18/h7-12,15,18,23H,2-6,13-14H2,1H3,(H,29,30)(H,26,27,28). The summed E-state index contributed by atoms with van der Waals surface area (Å²) in [5.41, 5.74) is 2.90. The van der Waals surface area contributed by atoms with Crippen molar-refractivity contribution < 1.29 is 13.9 Å². The molecule has 1 aliphatic heterocycles. The van der Waals surface area contributed by atoms with Gasteiger partial charge in [0.1, 0.15) is 5.82 Å². The van der Waals surface area contributed by atoms with Gasteiger partial charge in [-0.3, -0.25) is 0 Å². The first kappa shape index (κ1) is 21.0. The van der Waals surface area contributed by atoms with Gasteiger partial charge in [-0.05, 0) is 43.2 Å². The first-order valence-corrected chi connectivity index (χ1v) is 11.3. The summed E-state index contributed by atoms with van der Waals surface area (Å²) in [5.74, 6) is 1.23. The lowest BCUT2D eigenvalue weighted by Gasteiger charge is -2.25. The van der Waals surface area contributed by atoms with Gasteiger partial charge in [0.2, 0.25) is 12.2 Å². The minimum Gasteiger partial charge on any atom is -0.351 e. The third-order valence-corrected chi connectivity index (χ3v) is 5.98. The maximum absolute atomic E-state index is 13.5. The monoisotopic (exact) mass is 437 g/mol. The molecule has 0 bridgehead atoms. The van der Waals surface area contributed by atoms with Crippen molar-refractivity contribution in [1.82, 2.24) is 19.9 Å². The van der Waals surface area contributed by atoms with Gasteiger partial charge in [0.05, 0.1) is 30.3 Å². The average molecular weight is 438 g/mol. The van der Waals surface area contributed by atoms with Crippen LogP contribution < -0.4 is 5.32 Å². The van der Waals surface area contributed by atoms with Crippen LogP contribution in [0.1, 0.15) is 51.1 Å². The maximum Gasteiger partial charge on any atom is 0.223 e. The van der Waals surface area contributed by atoms with Gasteiger partial charge in [0, 0.05) is 23.7 Å². The molecular weight excluding hydrogens is 409 g/mol. The summed E-state index contributed by atoms with van der Waals surface area (Å²) in [4.78, 5) is 17.3. The second-order valence-electron chi connectivity index (χ2n) is 8.70. The van der Waals surface area contributed by atoms with Crippen molar-refractivity contribution >= 4 is 5.95 Å². The van der Waals surface area contributed by atoms with Crippen LogP contribution in [-0.4, -0.2) is 39.2 Å². The zero-order valence-electron chi connectivity index (χ0n) is 18.2. The van der Waals surface area contributed by atoms with E-state index in [1.54, 1.807) is 18.3 Å². The highest BCUT2D eigenvalue weighted by Crippen LogP contribution is 2.33. The van der Waals surface area contributed by atoms with Crippen molar-refractivity contribution in [2.75, 3.05) is 18.5 Å². The van der Waals surface area contributed by atoms with Gasteiger partial charge in [-0.2, -0.15) is 0 Å². The van der Waals surface area contributed by atoms with Crippen molar-refractivity contribution in [2.45, 2.75) is 51.4 Å². The number of hydrogen-bond acceptors (Lipinski definition) is 6. The molecule has 0 radical (unpaired) electrons. The molecule has 0 spiro atoms. The van der Waals surface area contributed by atoms with E-state index in [-0.39, 0.29) is 5.82 Å². The molecule has 3 aromatic rings. The Morgan fingerprint density at radius 3 is 2.50 bits per heavy atom. The quantitative estimate of drug-likeness (QED) is 0.578. The highest BCUT2D eigenvalue weighted by Gasteiger charge is 2.26. The van der Waals surface area contributed by atoms with Gasteiger partial charge in [0.15, 0.2) is 5.82 Å². The summed E-state index contributed by atoms with van der Waals surface area (Å²) < 4.78 is 25.2. The lowest BCUT2D eigenvalue weighted by molar-refractivity contribution is -0.205. The summed E-state index contributed by atoms with van der Waals surface area (Å²) in [6.07, 6.45) is 7.21. The third-order valence-electron chi connectivity index (χ3n) is 5.98. The first-order chi connectivity index (χ1) is 15.7. The van der Waals surface area contributed by atoms with E-state index in [0.717, 1.165) is 24.1 Å². The molecule has 32 heavy (non-hydrogen) atoms. The minimum atomic E-state index is -0.569. The van der Waals surface area contributed by atoms with Crippen LogP contribution in [0.4, 0.5) is 10.3 Å². The Kier molecular flexibility index (Phi) is 6.14. The van der Waals surface area contributed by atoms with Crippen molar-refractivity contribution in [3.8, 4) is 22.6 Å². The van der Waals surface area contributed by atoms with Gasteiger partial charge in [-0.25, -0.2) is 19.3 Å². The van der Waals surface area contributed by atoms with Crippen LogP contribution in [-0.2, 0) is 9.47 Å². The largest absolute Gasteiger partial charge is 0.351 e. The minimum absolute atomic E-state index is 0.292. The highest BCUT2D eigenvalue weighted by atomic mass is 19.1. The summed E-state index contributed by atoms with van der Waals surface area (Å²) in [5, 5.41) is 3.48. The zero-order chi connectivity index (χ0) is 21.9. The summed E-state index contributed by atoms with van der Waals surface area (Å²) in [7, 11) is 0. The molecule has 168 valence electrons. The highest BCUT2D eigenvalue weighted by molar-refractivity contribution is 5.77. The normalized spacial score (nSPS) is 22.1. The van der Waals surface area contributed by atoms with Crippen LogP contribution in [0.15, 0.2) is 36.5 Å². The molecule has 0 amide bonds. The fraction of sp³-hybridized carbons (Fsp3) is 0.458. The fourth-order valence-electron chi connectivity index (χ4n) is 4.26. The molecule has 2 aromatic heterocycles. The molecule has 2 fully saturated rings. The summed E-state index contributed by atoms with van der Waals surface area (Å²) in [6.45, 7) is 3.29. The number of rotatable bonds is 5. The van der Waals surface area contributed by atoms with Crippen LogP contribution in [0.3, 0.4) is 0 Å². The second-order valence-corrected chi connectivity index (χ2v) is 8.70. The van der Waals surface area contributed by atoms with Crippen molar-refractivity contribution in [3.63, 3.8) is 0 Å². The molecule has 1 aliphatic carbocycles. The number of hydrogen-bond donors (Lipinski definition) is 2. The number of aromatic nitrogens is 4. The third kappa shape index (κ3) is 4.66. The SMILES string of the molecule is CC1COC(c2nc(-c3ccc(F)cc3)c(-c3ccnc(NC4CCCCC4)n3)[nH]2)OC1. The Hall–Kier alpha value is -2.84. The molecule has 3 heterocycles. The maximum atomic E-state index is 13.5. The Bertz CT molecular complexity index is 1040. The van der Waals surface area contributed by atoms with E-state index in [4.69, 9.17) is 19.4 Å². The zero-order valence-corrected chi connectivity index (χ0v) is 18.2. The Labute approximate surface area is 186 Å². The van der Waals surface area contributed by atoms with Crippen LogP contribution in [0.25, 0.3) is 22.6 Å². The van der Waals surface area contributed by atoms with Crippen LogP contribution in [0.5, 0.6) is 0 Å². The van der Waals surface area contributed by atoms with E-state index in [1.807, 2.05) is 6.07 Å². The van der Waals surface area contributed by atoms with Crippen LogP contribution in [0.2, 0.25) is 0 Å². The van der Waals surface area contributed by atoms with Gasteiger partial charge < -0.3 is 19.8 Å². The van der Waals surface area contributed by atoms with E-state index >= 15 is 0 Å². The van der Waals surface area contributed by atoms with Crippen molar-refractivity contribution in [3.05, 3.63) is 48.2 Å². The van der Waals surface area contributed by atoms with E-state index in [2.05, 4.69) is 22.2 Å². The average Bonchev–Trinajstić information content (AvgIpc) is 3.26. The molecular formula is C24H28FN5O2. The molecule has 8 heteroatoms. The molecule has 1 saturated carbocycles. The van der Waals surface area contributed by atoms with E-state index in [1.165, 1.54) is 31.4 Å². The van der Waals surface area contributed by atoms with Gasteiger partial charge in [-0.15, -0.1) is 0 Å². The summed E-state index contributed by atoms with van der Waals surface area (Å²) in [6, 6.07) is 8.54. The van der Waals surface area contributed by atoms with Crippen LogP contribution in [0, 0.1) is 11.7 Å². The number of H-pyrrole nitrogens is 1.